The van der Waals surface area contributed by atoms with Crippen LogP contribution in [0.1, 0.15) is 22.3 Å². The van der Waals surface area contributed by atoms with Gasteiger partial charge < -0.3 is 0 Å². The van der Waals surface area contributed by atoms with Crippen LogP contribution < -0.4 is 0 Å². The van der Waals surface area contributed by atoms with E-state index >= 15 is 0 Å². The van der Waals surface area contributed by atoms with E-state index in [1.165, 1.54) is 72.3 Å². The summed E-state index contributed by atoms with van der Waals surface area (Å²) in [5, 5.41) is 0. The average molecular weight is 928 g/mol. The maximum atomic E-state index is 5.35. The maximum Gasteiger partial charge on any atom is 0.0715 e. The second kappa shape index (κ2) is 18.7. The molecule has 1 aliphatic rings. The van der Waals surface area contributed by atoms with Crippen LogP contribution in [0.4, 0.5) is 0 Å². The number of pyridine rings is 1. The topological polar surface area (TPSA) is 12.9 Å². The third-order valence-electron chi connectivity index (χ3n) is 14.8. The summed E-state index contributed by atoms with van der Waals surface area (Å²) in [5.74, 6) is 0. The molecule has 73 heavy (non-hydrogen) atoms. The minimum atomic E-state index is -0.533. The Morgan fingerprint density at radius 1 is 0.192 bits per heavy atom. The van der Waals surface area contributed by atoms with Crippen molar-refractivity contribution in [3.05, 3.63) is 320 Å². The summed E-state index contributed by atoms with van der Waals surface area (Å²) in [4.78, 5) is 5.35. The zero-order valence-corrected chi connectivity index (χ0v) is 40.2. The summed E-state index contributed by atoms with van der Waals surface area (Å²) in [7, 11) is 0. The van der Waals surface area contributed by atoms with Crippen molar-refractivity contribution < 1.29 is 0 Å². The van der Waals surface area contributed by atoms with Crippen LogP contribution in [-0.2, 0) is 5.41 Å². The van der Waals surface area contributed by atoms with Crippen LogP contribution in [0.25, 0.3) is 100 Å². The zero-order chi connectivity index (χ0) is 48.6. The highest BCUT2D eigenvalue weighted by molar-refractivity contribution is 5.96. The van der Waals surface area contributed by atoms with Gasteiger partial charge in [0.2, 0.25) is 0 Å². The van der Waals surface area contributed by atoms with Crippen LogP contribution in [-0.4, -0.2) is 4.98 Å². The Labute approximate surface area is 428 Å². The van der Waals surface area contributed by atoms with E-state index in [0.29, 0.717) is 0 Å². The zero-order valence-electron chi connectivity index (χ0n) is 40.2. The second-order valence-electron chi connectivity index (χ2n) is 19.0. The Morgan fingerprint density at radius 3 is 1.14 bits per heavy atom. The lowest BCUT2D eigenvalue weighted by molar-refractivity contribution is 0.769. The van der Waals surface area contributed by atoms with Gasteiger partial charge in [0.25, 0.3) is 0 Å². The third-order valence-corrected chi connectivity index (χ3v) is 14.8. The molecule has 1 aromatic heterocycles. The maximum absolute atomic E-state index is 5.35. The predicted octanol–water partition coefficient (Wildman–Crippen LogP) is 18.8. The first kappa shape index (κ1) is 43.6. The van der Waals surface area contributed by atoms with Gasteiger partial charge in [0, 0.05) is 11.1 Å². The fraction of sp³-hybridized carbons (Fsp3) is 0.0139. The second-order valence-corrected chi connectivity index (χ2v) is 19.0. The SMILES string of the molecule is c1ccc(-c2ccc(-c3cc(-c4ccccc4)nc(-c4cccc(-c5cccc(-c6cc7c(cc6-c6ccc(-c8ccccc8)cc6)-c6ccccc6C7(c6ccccc6)c6ccccc6)c5)c4)c3)cc2)cc1. The number of hydrogen-bond donors (Lipinski definition) is 0. The number of hydrogen-bond acceptors (Lipinski definition) is 1. The van der Waals surface area contributed by atoms with Crippen LogP contribution >= 0.6 is 0 Å². The molecule has 12 aromatic rings. The lowest BCUT2D eigenvalue weighted by Gasteiger charge is -2.34. The molecule has 11 aromatic carbocycles. The van der Waals surface area contributed by atoms with E-state index in [4.69, 9.17) is 4.98 Å². The van der Waals surface area contributed by atoms with Crippen LogP contribution in [0.5, 0.6) is 0 Å². The molecule has 0 aliphatic heterocycles. The Kier molecular flexibility index (Phi) is 11.2. The lowest BCUT2D eigenvalue weighted by Crippen LogP contribution is -2.28. The third kappa shape index (κ3) is 7.98. The molecule has 0 N–H and O–H groups in total. The molecular weight excluding hydrogens is 879 g/mol. The van der Waals surface area contributed by atoms with E-state index in [0.717, 1.165) is 50.3 Å². The van der Waals surface area contributed by atoms with Crippen molar-refractivity contribution in [1.29, 1.82) is 0 Å². The van der Waals surface area contributed by atoms with Crippen molar-refractivity contribution in [2.24, 2.45) is 0 Å². The van der Waals surface area contributed by atoms with Gasteiger partial charge in [0.1, 0.15) is 0 Å². The molecule has 0 saturated carbocycles. The lowest BCUT2D eigenvalue weighted by atomic mass is 9.67. The molecule has 0 radical (unpaired) electrons. The quantitative estimate of drug-likeness (QED) is 0.133. The molecule has 0 atom stereocenters. The molecule has 1 heteroatoms. The summed E-state index contributed by atoms with van der Waals surface area (Å²) in [6.07, 6.45) is 0. The summed E-state index contributed by atoms with van der Waals surface area (Å²) in [6, 6.07) is 108. The number of aromatic nitrogens is 1. The molecule has 0 saturated heterocycles. The van der Waals surface area contributed by atoms with Crippen molar-refractivity contribution >= 4 is 0 Å². The van der Waals surface area contributed by atoms with E-state index in [2.05, 4.69) is 297 Å². The largest absolute Gasteiger partial charge is 0.248 e. The molecule has 0 fully saturated rings. The monoisotopic (exact) mass is 927 g/mol. The first-order valence-corrected chi connectivity index (χ1v) is 25.2. The number of fused-ring (bicyclic) bond motifs is 3. The number of rotatable bonds is 10. The fourth-order valence-corrected chi connectivity index (χ4v) is 11.3. The molecule has 1 heterocycles. The minimum absolute atomic E-state index is 0.533. The summed E-state index contributed by atoms with van der Waals surface area (Å²) in [5.41, 5.74) is 25.2. The smallest absolute Gasteiger partial charge is 0.0715 e. The Bertz CT molecular complexity index is 3860. The normalized spacial score (nSPS) is 12.2. The van der Waals surface area contributed by atoms with Gasteiger partial charge in [-0.05, 0) is 137 Å². The van der Waals surface area contributed by atoms with Gasteiger partial charge in [-0.2, -0.15) is 0 Å². The highest BCUT2D eigenvalue weighted by Crippen LogP contribution is 2.58. The number of benzene rings is 11. The van der Waals surface area contributed by atoms with E-state index in [9.17, 15) is 0 Å². The first-order chi connectivity index (χ1) is 36.2. The average Bonchev–Trinajstić information content (AvgIpc) is 3.80. The van der Waals surface area contributed by atoms with Gasteiger partial charge >= 0.3 is 0 Å². The molecule has 0 spiro atoms. The van der Waals surface area contributed by atoms with Gasteiger partial charge in [-0.15, -0.1) is 0 Å². The van der Waals surface area contributed by atoms with Crippen molar-refractivity contribution in [3.63, 3.8) is 0 Å². The van der Waals surface area contributed by atoms with Crippen LogP contribution in [0, 0.1) is 0 Å². The Hall–Kier alpha value is -9.43. The molecule has 0 bridgehead atoms. The van der Waals surface area contributed by atoms with Crippen LogP contribution in [0.15, 0.2) is 297 Å². The highest BCUT2D eigenvalue weighted by atomic mass is 14.7. The summed E-state index contributed by atoms with van der Waals surface area (Å²) >= 11 is 0. The van der Waals surface area contributed by atoms with E-state index in [1.54, 1.807) is 0 Å². The molecule has 0 unspecified atom stereocenters. The van der Waals surface area contributed by atoms with Crippen molar-refractivity contribution in [2.75, 3.05) is 0 Å². The van der Waals surface area contributed by atoms with Gasteiger partial charge in [0.15, 0.2) is 0 Å². The summed E-state index contributed by atoms with van der Waals surface area (Å²) < 4.78 is 0. The Balaban J connectivity index is 0.961. The highest BCUT2D eigenvalue weighted by Gasteiger charge is 2.46. The minimum Gasteiger partial charge on any atom is -0.248 e. The number of nitrogens with zero attached hydrogens (tertiary/aromatic N) is 1. The summed E-state index contributed by atoms with van der Waals surface area (Å²) in [6.45, 7) is 0. The van der Waals surface area contributed by atoms with Gasteiger partial charge in [0.05, 0.1) is 16.8 Å². The molecule has 1 aliphatic carbocycles. The van der Waals surface area contributed by atoms with Crippen LogP contribution in [0.2, 0.25) is 0 Å². The van der Waals surface area contributed by atoms with Crippen molar-refractivity contribution in [2.45, 2.75) is 5.41 Å². The predicted molar refractivity (Wildman–Crippen MR) is 305 cm³/mol. The van der Waals surface area contributed by atoms with Crippen molar-refractivity contribution in [3.8, 4) is 100 Å². The fourth-order valence-electron chi connectivity index (χ4n) is 11.3. The Morgan fingerprint density at radius 2 is 0.575 bits per heavy atom. The van der Waals surface area contributed by atoms with E-state index in [-0.39, 0.29) is 0 Å². The standard InChI is InChI=1S/C72H49N/c1-6-20-50(21-7-1)52-36-38-54(39-37-52)61-46-70(56-24-10-3-11-25-56)73-71(47-61)60-29-19-27-58(45-60)57-26-18-28-59(44-57)66-49-69-67(48-65(66)55-42-40-53(41-43-55)51-22-8-2-9-23-51)64-34-16-17-35-68(64)72(69,62-30-12-4-13-31-62)63-32-14-5-15-33-63/h1-49H. The molecule has 342 valence electrons. The van der Waals surface area contributed by atoms with Gasteiger partial charge in [-0.1, -0.05) is 261 Å². The molecule has 13 rings (SSSR count). The van der Waals surface area contributed by atoms with E-state index in [1.807, 2.05) is 0 Å². The van der Waals surface area contributed by atoms with Crippen molar-refractivity contribution in [1.82, 2.24) is 4.98 Å². The first-order valence-electron chi connectivity index (χ1n) is 25.2. The van der Waals surface area contributed by atoms with Gasteiger partial charge in [-0.3, -0.25) is 0 Å². The van der Waals surface area contributed by atoms with Crippen LogP contribution in [0.3, 0.4) is 0 Å². The molecule has 1 nitrogen and oxygen atoms in total. The van der Waals surface area contributed by atoms with E-state index < -0.39 is 5.41 Å². The molecular formula is C72H49N. The molecule has 0 amide bonds. The van der Waals surface area contributed by atoms with Gasteiger partial charge in [-0.25, -0.2) is 4.98 Å².